The van der Waals surface area contributed by atoms with Crippen LogP contribution < -0.4 is 5.32 Å². The molecule has 1 fully saturated rings. The number of aromatic carboxylic acids is 1. The minimum atomic E-state index is -0.874. The summed E-state index contributed by atoms with van der Waals surface area (Å²) in [6.07, 6.45) is 1.14. The van der Waals surface area contributed by atoms with Crippen LogP contribution in [0.3, 0.4) is 0 Å². The molecule has 4 nitrogen and oxygen atoms in total. The Balaban J connectivity index is 2.02. The van der Waals surface area contributed by atoms with Gasteiger partial charge < -0.3 is 10.4 Å². The molecule has 4 heteroatoms. The zero-order valence-corrected chi connectivity index (χ0v) is 11.8. The third-order valence-electron chi connectivity index (χ3n) is 3.78. The van der Waals surface area contributed by atoms with Crippen molar-refractivity contribution >= 4 is 11.7 Å². The summed E-state index contributed by atoms with van der Waals surface area (Å²) in [5, 5.41) is 12.5. The molecule has 104 valence electrons. The molecule has 0 saturated carbocycles. The normalized spacial score (nSPS) is 19.9. The van der Waals surface area contributed by atoms with Crippen LogP contribution in [0.1, 0.15) is 36.2 Å². The molecule has 0 aromatic heterocycles. The molecule has 0 aliphatic carbocycles. The lowest BCUT2D eigenvalue weighted by Gasteiger charge is -2.21. The Hall–Kier alpha value is -1.55. The smallest absolute Gasteiger partial charge is 0.335 e. The number of rotatable bonds is 4. The second kappa shape index (κ2) is 5.61. The number of likely N-dealkylation sites (tertiary alicyclic amines) is 1. The van der Waals surface area contributed by atoms with E-state index in [4.69, 9.17) is 5.11 Å². The van der Waals surface area contributed by atoms with Crippen molar-refractivity contribution < 1.29 is 9.90 Å². The highest BCUT2D eigenvalue weighted by Gasteiger charge is 2.24. The van der Waals surface area contributed by atoms with Crippen LogP contribution in [0.5, 0.6) is 0 Å². The van der Waals surface area contributed by atoms with Gasteiger partial charge in [-0.2, -0.15) is 0 Å². The molecule has 1 saturated heterocycles. The highest BCUT2D eigenvalue weighted by atomic mass is 16.4. The fraction of sp³-hybridized carbons (Fsp3) is 0.533. The van der Waals surface area contributed by atoms with E-state index >= 15 is 0 Å². The van der Waals surface area contributed by atoms with Crippen molar-refractivity contribution in [1.82, 2.24) is 4.90 Å². The van der Waals surface area contributed by atoms with Crippen molar-refractivity contribution in [2.24, 2.45) is 0 Å². The Morgan fingerprint density at radius 2 is 2.21 bits per heavy atom. The number of anilines is 1. The number of carboxylic acids is 1. The van der Waals surface area contributed by atoms with E-state index in [-0.39, 0.29) is 0 Å². The third kappa shape index (κ3) is 3.26. The van der Waals surface area contributed by atoms with E-state index in [1.165, 1.54) is 0 Å². The predicted molar refractivity (Wildman–Crippen MR) is 76.9 cm³/mol. The third-order valence-corrected chi connectivity index (χ3v) is 3.78. The Bertz CT molecular complexity index is 471. The lowest BCUT2D eigenvalue weighted by Crippen LogP contribution is -2.31. The standard InChI is InChI=1S/C15H22N2O2/c1-10(2)17-7-6-13(9-17)16-14-5-4-12(15(18)19)8-11(14)3/h4-5,8,10,13,16H,6-7,9H2,1-3H3,(H,18,19). The molecule has 0 amide bonds. The Morgan fingerprint density at radius 3 is 2.74 bits per heavy atom. The van der Waals surface area contributed by atoms with Crippen molar-refractivity contribution in [1.29, 1.82) is 0 Å². The Labute approximate surface area is 114 Å². The average molecular weight is 262 g/mol. The number of aryl methyl sites for hydroxylation is 1. The molecular weight excluding hydrogens is 240 g/mol. The largest absolute Gasteiger partial charge is 0.478 e. The molecule has 0 radical (unpaired) electrons. The molecule has 1 aromatic rings. The van der Waals surface area contributed by atoms with Crippen molar-refractivity contribution in [3.63, 3.8) is 0 Å². The van der Waals surface area contributed by atoms with Crippen LogP contribution in [0.25, 0.3) is 0 Å². The van der Waals surface area contributed by atoms with Gasteiger partial charge in [0.15, 0.2) is 0 Å². The molecule has 1 aliphatic heterocycles. The molecule has 2 N–H and O–H groups in total. The van der Waals surface area contributed by atoms with E-state index in [1.807, 2.05) is 13.0 Å². The summed E-state index contributed by atoms with van der Waals surface area (Å²) >= 11 is 0. The molecular formula is C15H22N2O2. The summed E-state index contributed by atoms with van der Waals surface area (Å²) < 4.78 is 0. The van der Waals surface area contributed by atoms with E-state index in [1.54, 1.807) is 12.1 Å². The highest BCUT2D eigenvalue weighted by molar-refractivity contribution is 5.88. The number of nitrogens with one attached hydrogen (secondary N) is 1. The summed E-state index contributed by atoms with van der Waals surface area (Å²) in [6.45, 7) is 8.56. The SMILES string of the molecule is Cc1cc(C(=O)O)ccc1NC1CCN(C(C)C)C1. The fourth-order valence-electron chi connectivity index (χ4n) is 2.55. The minimum absolute atomic E-state index is 0.346. The lowest BCUT2D eigenvalue weighted by atomic mass is 10.1. The van der Waals surface area contributed by atoms with Gasteiger partial charge in [0.25, 0.3) is 0 Å². The number of nitrogens with zero attached hydrogens (tertiary/aromatic N) is 1. The maximum atomic E-state index is 10.9. The van der Waals surface area contributed by atoms with Gasteiger partial charge in [-0.25, -0.2) is 4.79 Å². The summed E-state index contributed by atoms with van der Waals surface area (Å²) in [5.74, 6) is -0.874. The average Bonchev–Trinajstić information content (AvgIpc) is 2.80. The molecule has 1 aromatic carbocycles. The van der Waals surface area contributed by atoms with Crippen LogP contribution in [0, 0.1) is 6.92 Å². The van der Waals surface area contributed by atoms with Gasteiger partial charge in [-0.1, -0.05) is 0 Å². The summed E-state index contributed by atoms with van der Waals surface area (Å²) in [5.41, 5.74) is 2.38. The van der Waals surface area contributed by atoms with Gasteiger partial charge in [0.05, 0.1) is 5.56 Å². The summed E-state index contributed by atoms with van der Waals surface area (Å²) in [7, 11) is 0. The van der Waals surface area contributed by atoms with Gasteiger partial charge in [-0.05, 0) is 51.0 Å². The van der Waals surface area contributed by atoms with Gasteiger partial charge in [0.2, 0.25) is 0 Å². The first-order valence-corrected chi connectivity index (χ1v) is 6.82. The minimum Gasteiger partial charge on any atom is -0.478 e. The van der Waals surface area contributed by atoms with E-state index in [9.17, 15) is 4.79 Å². The van der Waals surface area contributed by atoms with Gasteiger partial charge >= 0.3 is 5.97 Å². The van der Waals surface area contributed by atoms with E-state index in [0.717, 1.165) is 30.8 Å². The molecule has 1 heterocycles. The zero-order chi connectivity index (χ0) is 14.0. The van der Waals surface area contributed by atoms with Crippen molar-refractivity contribution in [3.05, 3.63) is 29.3 Å². The van der Waals surface area contributed by atoms with Crippen LogP contribution in [0.15, 0.2) is 18.2 Å². The molecule has 19 heavy (non-hydrogen) atoms. The van der Waals surface area contributed by atoms with Crippen LogP contribution >= 0.6 is 0 Å². The zero-order valence-electron chi connectivity index (χ0n) is 11.8. The maximum Gasteiger partial charge on any atom is 0.335 e. The number of hydrogen-bond acceptors (Lipinski definition) is 3. The van der Waals surface area contributed by atoms with Gasteiger partial charge in [-0.3, -0.25) is 4.90 Å². The van der Waals surface area contributed by atoms with E-state index in [0.29, 0.717) is 17.6 Å². The molecule has 2 rings (SSSR count). The Morgan fingerprint density at radius 1 is 1.47 bits per heavy atom. The number of carbonyl (C=O) groups is 1. The number of hydrogen-bond donors (Lipinski definition) is 2. The number of benzene rings is 1. The first-order valence-electron chi connectivity index (χ1n) is 6.82. The van der Waals surface area contributed by atoms with E-state index in [2.05, 4.69) is 24.1 Å². The molecule has 1 atom stereocenters. The first kappa shape index (κ1) is 13.9. The maximum absolute atomic E-state index is 10.9. The fourth-order valence-corrected chi connectivity index (χ4v) is 2.55. The number of carboxylic acid groups (broad SMARTS) is 1. The molecule has 1 aliphatic rings. The quantitative estimate of drug-likeness (QED) is 0.875. The van der Waals surface area contributed by atoms with Crippen LogP contribution in [0.2, 0.25) is 0 Å². The van der Waals surface area contributed by atoms with Gasteiger partial charge in [-0.15, -0.1) is 0 Å². The first-order chi connectivity index (χ1) is 8.97. The summed E-state index contributed by atoms with van der Waals surface area (Å²) in [4.78, 5) is 13.4. The van der Waals surface area contributed by atoms with Crippen molar-refractivity contribution in [2.75, 3.05) is 18.4 Å². The predicted octanol–water partition coefficient (Wildman–Crippen LogP) is 2.59. The van der Waals surface area contributed by atoms with Crippen molar-refractivity contribution in [3.8, 4) is 0 Å². The van der Waals surface area contributed by atoms with Crippen LogP contribution in [-0.4, -0.2) is 41.1 Å². The van der Waals surface area contributed by atoms with Crippen LogP contribution in [-0.2, 0) is 0 Å². The summed E-state index contributed by atoms with van der Waals surface area (Å²) in [6, 6.07) is 6.29. The molecule has 1 unspecified atom stereocenters. The topological polar surface area (TPSA) is 52.6 Å². The Kier molecular flexibility index (Phi) is 4.10. The second-order valence-electron chi connectivity index (χ2n) is 5.55. The molecule has 0 spiro atoms. The van der Waals surface area contributed by atoms with Gasteiger partial charge in [0, 0.05) is 30.9 Å². The van der Waals surface area contributed by atoms with Gasteiger partial charge in [0.1, 0.15) is 0 Å². The lowest BCUT2D eigenvalue weighted by molar-refractivity contribution is 0.0697. The van der Waals surface area contributed by atoms with E-state index < -0.39 is 5.97 Å². The van der Waals surface area contributed by atoms with Crippen LogP contribution in [0.4, 0.5) is 5.69 Å². The van der Waals surface area contributed by atoms with Crippen molar-refractivity contribution in [2.45, 2.75) is 39.3 Å². The highest BCUT2D eigenvalue weighted by Crippen LogP contribution is 2.21. The second-order valence-corrected chi connectivity index (χ2v) is 5.55. The monoisotopic (exact) mass is 262 g/mol. The molecule has 0 bridgehead atoms.